The second-order valence-corrected chi connectivity index (χ2v) is 5.62. The number of carbonyl (C=O) groups excluding carboxylic acids is 1. The Morgan fingerprint density at radius 3 is 2.57 bits per heavy atom. The molecule has 110 valence electrons. The first-order chi connectivity index (χ1) is 9.90. The van der Waals surface area contributed by atoms with Gasteiger partial charge in [-0.2, -0.15) is 0 Å². The van der Waals surface area contributed by atoms with Crippen LogP contribution >= 0.6 is 23.2 Å². The Labute approximate surface area is 133 Å². The molecule has 0 saturated carbocycles. The molecule has 21 heavy (non-hydrogen) atoms. The first-order valence-corrected chi connectivity index (χ1v) is 7.04. The molecule has 0 saturated heterocycles. The van der Waals surface area contributed by atoms with Crippen molar-refractivity contribution in [1.82, 2.24) is 14.5 Å². The fraction of sp³-hybridized carbons (Fsp3) is 0.200. The summed E-state index contributed by atoms with van der Waals surface area (Å²) in [7, 11) is 3.70. The van der Waals surface area contributed by atoms with Crippen LogP contribution in [0.3, 0.4) is 0 Å². The van der Waals surface area contributed by atoms with Crippen LogP contribution in [0.5, 0.6) is 0 Å². The van der Waals surface area contributed by atoms with Crippen LogP contribution in [0.1, 0.15) is 16.2 Å². The average Bonchev–Trinajstić information content (AvgIpc) is 2.81. The van der Waals surface area contributed by atoms with Crippen molar-refractivity contribution >= 4 is 34.7 Å². The van der Waals surface area contributed by atoms with E-state index in [-0.39, 0.29) is 5.78 Å². The lowest BCUT2D eigenvalue weighted by Crippen LogP contribution is -2.15. The van der Waals surface area contributed by atoms with Gasteiger partial charge in [-0.05, 0) is 25.1 Å². The van der Waals surface area contributed by atoms with Gasteiger partial charge in [0.05, 0.1) is 5.02 Å². The van der Waals surface area contributed by atoms with E-state index in [1.165, 1.54) is 0 Å². The zero-order chi connectivity index (χ0) is 15.6. The Bertz CT molecular complexity index is 705. The molecule has 0 amide bonds. The molecule has 0 aliphatic heterocycles. The van der Waals surface area contributed by atoms with Crippen molar-refractivity contribution in [2.45, 2.75) is 6.92 Å². The van der Waals surface area contributed by atoms with E-state index < -0.39 is 0 Å². The summed E-state index contributed by atoms with van der Waals surface area (Å²) in [6.07, 6.45) is 5.13. The van der Waals surface area contributed by atoms with E-state index in [2.05, 4.69) is 4.98 Å². The summed E-state index contributed by atoms with van der Waals surface area (Å²) in [5.41, 5.74) is 0.876. The van der Waals surface area contributed by atoms with Crippen LogP contribution in [0.4, 0.5) is 0 Å². The van der Waals surface area contributed by atoms with E-state index in [0.717, 1.165) is 5.82 Å². The molecule has 0 aliphatic rings. The van der Waals surface area contributed by atoms with Gasteiger partial charge in [0.2, 0.25) is 5.78 Å². The third-order valence-corrected chi connectivity index (χ3v) is 3.42. The van der Waals surface area contributed by atoms with Gasteiger partial charge in [-0.3, -0.25) is 9.36 Å². The maximum atomic E-state index is 12.8. The van der Waals surface area contributed by atoms with E-state index in [4.69, 9.17) is 23.2 Å². The van der Waals surface area contributed by atoms with Gasteiger partial charge in [-0.25, -0.2) is 4.98 Å². The molecule has 1 aromatic heterocycles. The number of imidazole rings is 1. The Morgan fingerprint density at radius 2 is 2.05 bits per heavy atom. The SMILES string of the molecule is Cc1nccn1/C(=C/N(C)C)C(=O)c1ccc(Cl)cc1Cl. The zero-order valence-corrected chi connectivity index (χ0v) is 13.5. The number of allylic oxidation sites excluding steroid dienone is 1. The van der Waals surface area contributed by atoms with Crippen LogP contribution in [0.2, 0.25) is 10.0 Å². The summed E-state index contributed by atoms with van der Waals surface area (Å²) in [5.74, 6) is 0.535. The van der Waals surface area contributed by atoms with Crippen molar-refractivity contribution in [3.8, 4) is 0 Å². The van der Waals surface area contributed by atoms with Crippen LogP contribution in [0.25, 0.3) is 5.70 Å². The van der Waals surface area contributed by atoms with Gasteiger partial charge in [-0.1, -0.05) is 23.2 Å². The van der Waals surface area contributed by atoms with Crippen molar-refractivity contribution in [3.63, 3.8) is 0 Å². The molecule has 0 radical (unpaired) electrons. The zero-order valence-electron chi connectivity index (χ0n) is 12.0. The number of benzene rings is 1. The van der Waals surface area contributed by atoms with Crippen LogP contribution in [0, 0.1) is 6.92 Å². The quantitative estimate of drug-likeness (QED) is 0.635. The Hall–Kier alpha value is -1.78. The maximum Gasteiger partial charge on any atom is 0.212 e. The Balaban J connectivity index is 2.52. The fourth-order valence-corrected chi connectivity index (χ4v) is 2.41. The Kier molecular flexibility index (Phi) is 4.70. The number of halogens is 2. The van der Waals surface area contributed by atoms with Crippen LogP contribution < -0.4 is 0 Å². The fourth-order valence-electron chi connectivity index (χ4n) is 1.92. The number of Topliss-reactive ketones (excluding diaryl/α,β-unsaturated/α-hetero) is 1. The molecule has 0 bridgehead atoms. The van der Waals surface area contributed by atoms with E-state index in [1.54, 1.807) is 46.3 Å². The molecule has 0 unspecified atom stereocenters. The molecule has 1 aromatic carbocycles. The number of aryl methyl sites for hydroxylation is 1. The summed E-state index contributed by atoms with van der Waals surface area (Å²) in [6, 6.07) is 4.84. The topological polar surface area (TPSA) is 38.1 Å². The van der Waals surface area contributed by atoms with Crippen molar-refractivity contribution in [2.75, 3.05) is 14.1 Å². The van der Waals surface area contributed by atoms with E-state index in [9.17, 15) is 4.79 Å². The van der Waals surface area contributed by atoms with Crippen molar-refractivity contribution in [1.29, 1.82) is 0 Å². The van der Waals surface area contributed by atoms with Gasteiger partial charge in [0.25, 0.3) is 0 Å². The summed E-state index contributed by atoms with van der Waals surface area (Å²) in [5, 5.41) is 0.823. The van der Waals surface area contributed by atoms with Gasteiger partial charge in [0.1, 0.15) is 11.5 Å². The van der Waals surface area contributed by atoms with Gasteiger partial charge < -0.3 is 4.90 Å². The third-order valence-electron chi connectivity index (χ3n) is 2.87. The lowest BCUT2D eigenvalue weighted by atomic mass is 10.1. The molecule has 6 heteroatoms. The number of carbonyl (C=O) groups is 1. The predicted octanol–water partition coefficient (Wildman–Crippen LogP) is 3.74. The standard InChI is InChI=1S/C15H15Cl2N3O/c1-10-18-6-7-20(10)14(9-19(2)3)15(21)12-5-4-11(16)8-13(12)17/h4-9H,1-3H3/b14-9+. The van der Waals surface area contributed by atoms with Crippen molar-refractivity contribution < 1.29 is 4.79 Å². The highest BCUT2D eigenvalue weighted by Gasteiger charge is 2.19. The molecule has 0 N–H and O–H groups in total. The molecule has 4 nitrogen and oxygen atoms in total. The van der Waals surface area contributed by atoms with E-state index in [0.29, 0.717) is 21.3 Å². The number of ketones is 1. The van der Waals surface area contributed by atoms with Crippen LogP contribution in [-0.2, 0) is 0 Å². The molecular weight excluding hydrogens is 309 g/mol. The Morgan fingerprint density at radius 1 is 1.33 bits per heavy atom. The molecule has 2 aromatic rings. The van der Waals surface area contributed by atoms with Gasteiger partial charge in [0.15, 0.2) is 0 Å². The van der Waals surface area contributed by atoms with Gasteiger partial charge in [0, 0.05) is 43.3 Å². The second kappa shape index (κ2) is 6.33. The summed E-state index contributed by atoms with van der Waals surface area (Å²) in [4.78, 5) is 18.7. The largest absolute Gasteiger partial charge is 0.382 e. The highest BCUT2D eigenvalue weighted by Crippen LogP contribution is 2.25. The van der Waals surface area contributed by atoms with Crippen LogP contribution in [-0.4, -0.2) is 34.3 Å². The molecule has 0 atom stereocenters. The molecule has 2 rings (SSSR count). The number of rotatable bonds is 4. The molecular formula is C15H15Cl2N3O. The summed E-state index contributed by atoms with van der Waals surface area (Å²) >= 11 is 12.0. The van der Waals surface area contributed by atoms with Crippen LogP contribution in [0.15, 0.2) is 36.8 Å². The molecule has 0 aliphatic carbocycles. The molecule has 0 spiro atoms. The lowest BCUT2D eigenvalue weighted by Gasteiger charge is -2.14. The number of hydrogen-bond acceptors (Lipinski definition) is 3. The number of hydrogen-bond donors (Lipinski definition) is 0. The van der Waals surface area contributed by atoms with Crippen molar-refractivity contribution in [2.24, 2.45) is 0 Å². The monoisotopic (exact) mass is 323 g/mol. The smallest absolute Gasteiger partial charge is 0.212 e. The first kappa shape index (κ1) is 15.6. The molecule has 0 fully saturated rings. The lowest BCUT2D eigenvalue weighted by molar-refractivity contribution is 0.105. The minimum atomic E-state index is -0.188. The van der Waals surface area contributed by atoms with Gasteiger partial charge in [-0.15, -0.1) is 0 Å². The number of aromatic nitrogens is 2. The van der Waals surface area contributed by atoms with E-state index >= 15 is 0 Å². The van der Waals surface area contributed by atoms with Crippen molar-refractivity contribution in [3.05, 3.63) is 58.2 Å². The highest BCUT2D eigenvalue weighted by atomic mass is 35.5. The highest BCUT2D eigenvalue weighted by molar-refractivity contribution is 6.39. The maximum absolute atomic E-state index is 12.8. The summed E-state index contributed by atoms with van der Waals surface area (Å²) < 4.78 is 1.73. The average molecular weight is 324 g/mol. The minimum absolute atomic E-state index is 0.188. The first-order valence-electron chi connectivity index (χ1n) is 6.28. The minimum Gasteiger partial charge on any atom is -0.382 e. The van der Waals surface area contributed by atoms with E-state index in [1.807, 2.05) is 21.0 Å². The summed E-state index contributed by atoms with van der Waals surface area (Å²) in [6.45, 7) is 1.83. The predicted molar refractivity (Wildman–Crippen MR) is 85.7 cm³/mol. The van der Waals surface area contributed by atoms with Gasteiger partial charge >= 0.3 is 0 Å². The second-order valence-electron chi connectivity index (χ2n) is 4.78. The third kappa shape index (κ3) is 3.46. The molecule has 1 heterocycles. The number of nitrogens with zero attached hydrogens (tertiary/aromatic N) is 3. The normalized spacial score (nSPS) is 11.6.